The van der Waals surface area contributed by atoms with Crippen molar-refractivity contribution < 1.29 is 5.11 Å². The molecule has 6 heteroatoms. The van der Waals surface area contributed by atoms with Crippen LogP contribution in [0.3, 0.4) is 0 Å². The Morgan fingerprint density at radius 1 is 1.32 bits per heavy atom. The Kier molecular flexibility index (Phi) is 2.39. The van der Waals surface area contributed by atoms with Gasteiger partial charge in [0.2, 0.25) is 4.96 Å². The lowest BCUT2D eigenvalue weighted by Crippen LogP contribution is -1.96. The summed E-state index contributed by atoms with van der Waals surface area (Å²) in [5.74, 6) is 0.614. The maximum atomic E-state index is 9.62. The molecule has 5 nitrogen and oxygen atoms in total. The van der Waals surface area contributed by atoms with Crippen LogP contribution in [0.25, 0.3) is 16.2 Å². The van der Waals surface area contributed by atoms with Crippen molar-refractivity contribution >= 4 is 16.3 Å². The first-order valence-corrected chi connectivity index (χ1v) is 7.08. The lowest BCUT2D eigenvalue weighted by Gasteiger charge is -1.99. The van der Waals surface area contributed by atoms with Crippen LogP contribution in [0.1, 0.15) is 29.5 Å². The third-order valence-electron chi connectivity index (χ3n) is 3.34. The van der Waals surface area contributed by atoms with Crippen LogP contribution in [0.15, 0.2) is 24.5 Å². The van der Waals surface area contributed by atoms with Crippen molar-refractivity contribution in [1.82, 2.24) is 19.6 Å². The summed E-state index contributed by atoms with van der Waals surface area (Å²) in [4.78, 5) is 9.48. The Bertz CT molecular complexity index is 730. The SMILES string of the molecule is OCc1c(-c2ccncc2)nc2sc(C3CC3)nn12. The molecule has 0 atom stereocenters. The van der Waals surface area contributed by atoms with Crippen molar-refractivity contribution in [3.63, 3.8) is 0 Å². The van der Waals surface area contributed by atoms with E-state index < -0.39 is 0 Å². The van der Waals surface area contributed by atoms with Crippen LogP contribution < -0.4 is 0 Å². The van der Waals surface area contributed by atoms with E-state index in [4.69, 9.17) is 0 Å². The summed E-state index contributed by atoms with van der Waals surface area (Å²) in [6.07, 6.45) is 5.91. The van der Waals surface area contributed by atoms with Crippen molar-refractivity contribution in [3.05, 3.63) is 35.2 Å². The van der Waals surface area contributed by atoms with E-state index in [0.717, 1.165) is 26.9 Å². The fourth-order valence-corrected chi connectivity index (χ4v) is 3.27. The van der Waals surface area contributed by atoms with Gasteiger partial charge in [-0.15, -0.1) is 0 Å². The smallest absolute Gasteiger partial charge is 0.213 e. The molecular formula is C13H12N4OS. The minimum Gasteiger partial charge on any atom is -0.390 e. The van der Waals surface area contributed by atoms with Gasteiger partial charge in [0.05, 0.1) is 18.0 Å². The average Bonchev–Trinajstić information content (AvgIpc) is 3.12. The van der Waals surface area contributed by atoms with Crippen molar-refractivity contribution in [2.75, 3.05) is 0 Å². The highest BCUT2D eigenvalue weighted by atomic mass is 32.1. The van der Waals surface area contributed by atoms with Gasteiger partial charge in [0.25, 0.3) is 0 Å². The molecule has 1 N–H and O–H groups in total. The molecular weight excluding hydrogens is 260 g/mol. The molecule has 19 heavy (non-hydrogen) atoms. The Balaban J connectivity index is 1.89. The van der Waals surface area contributed by atoms with Crippen molar-refractivity contribution in [3.8, 4) is 11.3 Å². The van der Waals surface area contributed by atoms with E-state index in [-0.39, 0.29) is 6.61 Å². The number of rotatable bonds is 3. The number of imidazole rings is 1. The van der Waals surface area contributed by atoms with Gasteiger partial charge in [-0.2, -0.15) is 5.10 Å². The molecule has 1 saturated carbocycles. The maximum Gasteiger partial charge on any atom is 0.213 e. The molecule has 0 aromatic carbocycles. The number of fused-ring (bicyclic) bond motifs is 1. The van der Waals surface area contributed by atoms with Gasteiger partial charge in [-0.05, 0) is 25.0 Å². The Morgan fingerprint density at radius 2 is 2.11 bits per heavy atom. The van der Waals surface area contributed by atoms with Gasteiger partial charge in [-0.1, -0.05) is 11.3 Å². The summed E-state index contributed by atoms with van der Waals surface area (Å²) in [5.41, 5.74) is 2.51. The summed E-state index contributed by atoms with van der Waals surface area (Å²) >= 11 is 1.63. The van der Waals surface area contributed by atoms with Gasteiger partial charge in [-0.3, -0.25) is 4.98 Å². The third kappa shape index (κ3) is 1.75. The first-order chi connectivity index (χ1) is 9.36. The van der Waals surface area contributed by atoms with Gasteiger partial charge in [-0.25, -0.2) is 9.50 Å². The zero-order valence-corrected chi connectivity index (χ0v) is 11.0. The van der Waals surface area contributed by atoms with Crippen LogP contribution in [0.4, 0.5) is 0 Å². The largest absolute Gasteiger partial charge is 0.390 e. The molecule has 3 heterocycles. The summed E-state index contributed by atoms with van der Waals surface area (Å²) in [6, 6.07) is 3.79. The highest BCUT2D eigenvalue weighted by Gasteiger charge is 2.29. The molecule has 1 fully saturated rings. The lowest BCUT2D eigenvalue weighted by atomic mass is 10.1. The third-order valence-corrected chi connectivity index (χ3v) is 4.41. The van der Waals surface area contributed by atoms with Crippen LogP contribution >= 0.6 is 11.3 Å². The van der Waals surface area contributed by atoms with Crippen molar-refractivity contribution in [2.24, 2.45) is 0 Å². The van der Waals surface area contributed by atoms with E-state index in [1.54, 1.807) is 28.2 Å². The van der Waals surface area contributed by atoms with Gasteiger partial charge >= 0.3 is 0 Å². The number of aliphatic hydroxyl groups is 1. The monoisotopic (exact) mass is 272 g/mol. The predicted molar refractivity (Wildman–Crippen MR) is 72.0 cm³/mol. The Morgan fingerprint density at radius 3 is 2.79 bits per heavy atom. The zero-order chi connectivity index (χ0) is 12.8. The Labute approximate surface area is 113 Å². The molecule has 96 valence electrons. The molecule has 0 spiro atoms. The maximum absolute atomic E-state index is 9.62. The molecule has 0 bridgehead atoms. The zero-order valence-electron chi connectivity index (χ0n) is 10.2. The van der Waals surface area contributed by atoms with Crippen LogP contribution in [0, 0.1) is 0 Å². The van der Waals surface area contributed by atoms with Gasteiger partial charge in [0.1, 0.15) is 5.01 Å². The van der Waals surface area contributed by atoms with E-state index in [9.17, 15) is 5.11 Å². The summed E-state index contributed by atoms with van der Waals surface area (Å²) in [7, 11) is 0. The van der Waals surface area contributed by atoms with Crippen molar-refractivity contribution in [2.45, 2.75) is 25.4 Å². The van der Waals surface area contributed by atoms with Gasteiger partial charge in [0.15, 0.2) is 0 Å². The molecule has 0 radical (unpaired) electrons. The second-order valence-corrected chi connectivity index (χ2v) is 5.70. The minimum atomic E-state index is -0.0628. The van der Waals surface area contributed by atoms with E-state index in [1.165, 1.54) is 12.8 Å². The first kappa shape index (κ1) is 11.1. The number of aliphatic hydroxyl groups excluding tert-OH is 1. The number of aromatic nitrogens is 4. The van der Waals surface area contributed by atoms with Gasteiger partial charge < -0.3 is 5.11 Å². The molecule has 0 aliphatic heterocycles. The highest BCUT2D eigenvalue weighted by molar-refractivity contribution is 7.16. The first-order valence-electron chi connectivity index (χ1n) is 6.26. The second kappa shape index (κ2) is 4.11. The van der Waals surface area contributed by atoms with Gasteiger partial charge in [0, 0.05) is 23.9 Å². The Hall–Kier alpha value is -1.79. The summed E-state index contributed by atoms with van der Waals surface area (Å²) in [5, 5.41) is 15.3. The van der Waals surface area contributed by atoms with E-state index in [2.05, 4.69) is 15.1 Å². The number of pyridine rings is 1. The molecule has 4 rings (SSSR count). The quantitative estimate of drug-likeness (QED) is 0.794. The predicted octanol–water partition coefficient (Wildman–Crippen LogP) is 2.22. The second-order valence-electron chi connectivity index (χ2n) is 4.71. The highest BCUT2D eigenvalue weighted by Crippen LogP contribution is 2.42. The fourth-order valence-electron chi connectivity index (χ4n) is 2.18. The molecule has 0 unspecified atom stereocenters. The number of nitrogens with zero attached hydrogens (tertiary/aromatic N) is 4. The van der Waals surface area contributed by atoms with Crippen LogP contribution in [-0.4, -0.2) is 24.7 Å². The van der Waals surface area contributed by atoms with E-state index in [1.807, 2.05) is 12.1 Å². The molecule has 3 aromatic rings. The molecule has 0 amide bonds. The molecule has 3 aromatic heterocycles. The van der Waals surface area contributed by atoms with Crippen molar-refractivity contribution in [1.29, 1.82) is 0 Å². The number of hydrogen-bond donors (Lipinski definition) is 1. The van der Waals surface area contributed by atoms with Crippen LogP contribution in [0.2, 0.25) is 0 Å². The normalized spacial score (nSPS) is 15.2. The molecule has 1 aliphatic carbocycles. The summed E-state index contributed by atoms with van der Waals surface area (Å²) < 4.78 is 1.79. The van der Waals surface area contributed by atoms with Crippen LogP contribution in [0.5, 0.6) is 0 Å². The average molecular weight is 272 g/mol. The fraction of sp³-hybridized carbons (Fsp3) is 0.308. The van der Waals surface area contributed by atoms with E-state index in [0.29, 0.717) is 5.92 Å². The minimum absolute atomic E-state index is 0.0628. The topological polar surface area (TPSA) is 63.3 Å². The molecule has 1 aliphatic rings. The number of hydrogen-bond acceptors (Lipinski definition) is 5. The summed E-state index contributed by atoms with van der Waals surface area (Å²) in [6.45, 7) is -0.0628. The van der Waals surface area contributed by atoms with E-state index >= 15 is 0 Å². The van der Waals surface area contributed by atoms with Crippen LogP contribution in [-0.2, 0) is 6.61 Å². The standard InChI is InChI=1S/C13H12N4OS/c18-7-10-11(8-3-5-14-6-4-8)15-13-17(10)16-12(19-13)9-1-2-9/h3-6,9,18H,1-2,7H2. The molecule has 0 saturated heterocycles. The lowest BCUT2D eigenvalue weighted by molar-refractivity contribution is 0.275.